The van der Waals surface area contributed by atoms with Gasteiger partial charge in [-0.3, -0.25) is 0 Å². The van der Waals surface area contributed by atoms with E-state index in [1.807, 2.05) is 0 Å². The predicted octanol–water partition coefficient (Wildman–Crippen LogP) is 3.73. The van der Waals surface area contributed by atoms with E-state index in [1.54, 1.807) is 0 Å². The van der Waals surface area contributed by atoms with Crippen molar-refractivity contribution in [1.82, 2.24) is 4.72 Å². The van der Waals surface area contributed by atoms with E-state index in [-0.39, 0.29) is 18.7 Å². The third kappa shape index (κ3) is 3.31. The molecule has 4 rings (SSSR count). The van der Waals surface area contributed by atoms with E-state index >= 15 is 0 Å². The van der Waals surface area contributed by atoms with Gasteiger partial charge >= 0.3 is 6.18 Å². The Kier molecular flexibility index (Phi) is 4.10. The van der Waals surface area contributed by atoms with Crippen LogP contribution < -0.4 is 15.4 Å². The summed E-state index contributed by atoms with van der Waals surface area (Å²) in [5.41, 5.74) is 6.39. The zero-order valence-corrected chi connectivity index (χ0v) is 14.1. The Morgan fingerprint density at radius 1 is 1.24 bits per heavy atom. The van der Waals surface area contributed by atoms with Gasteiger partial charge in [0.05, 0.1) is 10.6 Å². The molecule has 1 saturated heterocycles. The number of anilines is 1. The standard InChI is InChI=1S/C16H18F4N4S/c17-9-5-11(24-4-3-10(21)7-13(24)16(18,19)20)14-12(6-9)25-23-15(22-14)8-1-2-8/h5-6,8,10,13H,1-4,7,21H2,(H,22,23)/t10-,13+/m0/s1. The maximum Gasteiger partial charge on any atom is 0.408 e. The highest BCUT2D eigenvalue weighted by atomic mass is 32.2. The lowest BCUT2D eigenvalue weighted by Gasteiger charge is -2.41. The van der Waals surface area contributed by atoms with Crippen molar-refractivity contribution in [1.29, 1.82) is 0 Å². The number of nitrogens with two attached hydrogens (primary N) is 1. The number of nitrogens with zero attached hydrogens (tertiary/aromatic N) is 2. The molecule has 1 saturated carbocycles. The lowest BCUT2D eigenvalue weighted by atomic mass is 9.96. The van der Waals surface area contributed by atoms with E-state index in [9.17, 15) is 17.6 Å². The van der Waals surface area contributed by atoms with Crippen LogP contribution in [0.2, 0.25) is 0 Å². The quantitative estimate of drug-likeness (QED) is 0.612. The van der Waals surface area contributed by atoms with Crippen LogP contribution in [0.3, 0.4) is 0 Å². The Balaban J connectivity index is 1.78. The Hall–Kier alpha value is -1.48. The van der Waals surface area contributed by atoms with Gasteiger partial charge in [-0.1, -0.05) is 0 Å². The number of hydrogen-bond donors (Lipinski definition) is 2. The number of benzene rings is 1. The summed E-state index contributed by atoms with van der Waals surface area (Å²) in [6.07, 6.45) is -2.16. The van der Waals surface area contributed by atoms with E-state index < -0.39 is 24.1 Å². The van der Waals surface area contributed by atoms with Crippen LogP contribution in [0.4, 0.5) is 28.9 Å². The molecule has 1 aliphatic carbocycles. The molecular weight excluding hydrogens is 356 g/mol. The van der Waals surface area contributed by atoms with Gasteiger partial charge < -0.3 is 15.4 Å². The second-order valence-corrected chi connectivity index (χ2v) is 7.63. The molecule has 2 heterocycles. The molecule has 25 heavy (non-hydrogen) atoms. The molecule has 0 radical (unpaired) electrons. The van der Waals surface area contributed by atoms with Crippen LogP contribution in [0.15, 0.2) is 22.0 Å². The smallest absolute Gasteiger partial charge is 0.358 e. The summed E-state index contributed by atoms with van der Waals surface area (Å²) in [5.74, 6) is 0.526. The summed E-state index contributed by atoms with van der Waals surface area (Å²) in [6, 6.07) is 0.242. The first-order chi connectivity index (χ1) is 11.8. The fourth-order valence-electron chi connectivity index (χ4n) is 3.34. The van der Waals surface area contributed by atoms with Gasteiger partial charge in [-0.2, -0.15) is 13.2 Å². The van der Waals surface area contributed by atoms with Crippen LogP contribution in [0.1, 0.15) is 25.7 Å². The molecule has 136 valence electrons. The number of amidine groups is 1. The highest BCUT2D eigenvalue weighted by molar-refractivity contribution is 7.98. The molecule has 0 spiro atoms. The minimum atomic E-state index is -4.43. The molecule has 9 heteroatoms. The SMILES string of the molecule is N[C@H]1CCN(c2cc(F)cc3c2N=C(C2CC2)NS3)[C@@H](C(F)(F)F)C1. The van der Waals surface area contributed by atoms with E-state index in [0.29, 0.717) is 22.9 Å². The average molecular weight is 374 g/mol. The Labute approximate surface area is 147 Å². The van der Waals surface area contributed by atoms with Crippen molar-refractivity contribution < 1.29 is 17.6 Å². The summed E-state index contributed by atoms with van der Waals surface area (Å²) in [4.78, 5) is 6.27. The van der Waals surface area contributed by atoms with Gasteiger partial charge in [0.25, 0.3) is 0 Å². The first-order valence-electron chi connectivity index (χ1n) is 8.27. The lowest BCUT2D eigenvalue weighted by molar-refractivity contribution is -0.153. The summed E-state index contributed by atoms with van der Waals surface area (Å²) in [5, 5.41) is 0. The Bertz CT molecular complexity index is 717. The molecule has 2 fully saturated rings. The first-order valence-corrected chi connectivity index (χ1v) is 9.08. The van der Waals surface area contributed by atoms with E-state index in [1.165, 1.54) is 22.9 Å². The fraction of sp³-hybridized carbons (Fsp3) is 0.562. The number of aliphatic imine (C=N–C) groups is 1. The summed E-state index contributed by atoms with van der Waals surface area (Å²) in [6.45, 7) is 0.133. The zero-order chi connectivity index (χ0) is 17.8. The minimum Gasteiger partial charge on any atom is -0.358 e. The highest BCUT2D eigenvalue weighted by Crippen LogP contribution is 2.46. The predicted molar refractivity (Wildman–Crippen MR) is 89.6 cm³/mol. The Morgan fingerprint density at radius 3 is 2.68 bits per heavy atom. The van der Waals surface area contributed by atoms with Gasteiger partial charge in [0.2, 0.25) is 0 Å². The normalized spacial score (nSPS) is 26.8. The molecule has 0 amide bonds. The molecule has 1 aromatic carbocycles. The van der Waals surface area contributed by atoms with Gasteiger partial charge in [0, 0.05) is 18.5 Å². The van der Waals surface area contributed by atoms with Crippen molar-refractivity contribution in [3.05, 3.63) is 17.9 Å². The maximum atomic E-state index is 14.1. The molecule has 2 aliphatic heterocycles. The van der Waals surface area contributed by atoms with Crippen molar-refractivity contribution in [2.45, 2.75) is 48.8 Å². The molecule has 1 aromatic rings. The van der Waals surface area contributed by atoms with Gasteiger partial charge in [-0.05, 0) is 49.8 Å². The molecular formula is C16H18F4N4S. The molecule has 0 aromatic heterocycles. The topological polar surface area (TPSA) is 53.6 Å². The second kappa shape index (κ2) is 6.05. The van der Waals surface area contributed by atoms with Crippen molar-refractivity contribution in [2.24, 2.45) is 16.6 Å². The Morgan fingerprint density at radius 2 is 2.00 bits per heavy atom. The summed E-state index contributed by atoms with van der Waals surface area (Å²) < 4.78 is 57.8. The van der Waals surface area contributed by atoms with E-state index in [4.69, 9.17) is 5.73 Å². The maximum absolute atomic E-state index is 14.1. The fourth-order valence-corrected chi connectivity index (χ4v) is 4.19. The van der Waals surface area contributed by atoms with Crippen molar-refractivity contribution >= 4 is 29.2 Å². The monoisotopic (exact) mass is 374 g/mol. The van der Waals surface area contributed by atoms with Crippen LogP contribution in [-0.4, -0.2) is 30.6 Å². The van der Waals surface area contributed by atoms with Crippen LogP contribution >= 0.6 is 11.9 Å². The lowest BCUT2D eigenvalue weighted by Crippen LogP contribution is -2.54. The van der Waals surface area contributed by atoms with Crippen molar-refractivity contribution in [3.63, 3.8) is 0 Å². The minimum absolute atomic E-state index is 0.133. The van der Waals surface area contributed by atoms with Crippen LogP contribution in [0.25, 0.3) is 0 Å². The van der Waals surface area contributed by atoms with Gasteiger partial charge in [0.1, 0.15) is 23.4 Å². The van der Waals surface area contributed by atoms with E-state index in [0.717, 1.165) is 24.7 Å². The molecule has 3 N–H and O–H groups in total. The van der Waals surface area contributed by atoms with Gasteiger partial charge in [-0.25, -0.2) is 9.38 Å². The second-order valence-electron chi connectivity index (χ2n) is 6.78. The average Bonchev–Trinajstić information content (AvgIpc) is 3.38. The van der Waals surface area contributed by atoms with Gasteiger partial charge in [0.15, 0.2) is 0 Å². The third-order valence-electron chi connectivity index (χ3n) is 4.81. The number of nitrogens with one attached hydrogen (secondary N) is 1. The number of piperidine rings is 1. The largest absolute Gasteiger partial charge is 0.408 e. The molecule has 4 nitrogen and oxygen atoms in total. The van der Waals surface area contributed by atoms with Crippen molar-refractivity contribution in [3.8, 4) is 0 Å². The number of halogens is 4. The zero-order valence-electron chi connectivity index (χ0n) is 13.3. The molecule has 0 unspecified atom stereocenters. The molecule has 3 aliphatic rings. The summed E-state index contributed by atoms with van der Waals surface area (Å²) >= 11 is 1.21. The number of fused-ring (bicyclic) bond motifs is 1. The number of hydrogen-bond acceptors (Lipinski definition) is 5. The number of alkyl halides is 3. The van der Waals surface area contributed by atoms with Crippen LogP contribution in [-0.2, 0) is 0 Å². The van der Waals surface area contributed by atoms with Crippen LogP contribution in [0.5, 0.6) is 0 Å². The third-order valence-corrected chi connectivity index (χ3v) is 5.65. The van der Waals surface area contributed by atoms with Crippen molar-refractivity contribution in [2.75, 3.05) is 11.4 Å². The first kappa shape index (κ1) is 17.0. The molecule has 0 bridgehead atoms. The molecule has 2 atom stereocenters. The summed E-state index contributed by atoms with van der Waals surface area (Å²) in [7, 11) is 0. The highest BCUT2D eigenvalue weighted by Gasteiger charge is 2.47. The van der Waals surface area contributed by atoms with Crippen LogP contribution in [0, 0.1) is 11.7 Å². The number of rotatable bonds is 2. The van der Waals surface area contributed by atoms with E-state index in [2.05, 4.69) is 9.71 Å². The van der Waals surface area contributed by atoms with Gasteiger partial charge in [-0.15, -0.1) is 0 Å².